The monoisotopic (exact) mass is 376 g/mol. The predicted molar refractivity (Wildman–Crippen MR) is 110 cm³/mol. The number of hydrogen-bond donors (Lipinski definition) is 1. The largest absolute Gasteiger partial charge is 0.394 e. The van der Waals surface area contributed by atoms with Gasteiger partial charge in [0.25, 0.3) is 0 Å². The van der Waals surface area contributed by atoms with Crippen molar-refractivity contribution in [2.45, 2.75) is 77.7 Å². The van der Waals surface area contributed by atoms with E-state index in [1.165, 1.54) is 44.2 Å². The van der Waals surface area contributed by atoms with E-state index in [0.29, 0.717) is 12.0 Å². The molecule has 4 rings (SSSR count). The molecular weight excluding hydrogens is 336 g/mol. The van der Waals surface area contributed by atoms with Crippen molar-refractivity contribution >= 4 is 5.71 Å². The number of oxime groups is 1. The molecule has 4 heteroatoms. The second-order valence-corrected chi connectivity index (χ2v) is 10.8. The molecule has 27 heavy (non-hydrogen) atoms. The van der Waals surface area contributed by atoms with Gasteiger partial charge in [-0.3, -0.25) is 0 Å². The van der Waals surface area contributed by atoms with Gasteiger partial charge in [-0.1, -0.05) is 19.0 Å². The summed E-state index contributed by atoms with van der Waals surface area (Å²) in [6.45, 7) is 6.66. The summed E-state index contributed by atoms with van der Waals surface area (Å²) in [7, 11) is 4.15. The molecule has 1 N–H and O–H groups in total. The minimum atomic E-state index is -0.0435. The average molecular weight is 377 g/mol. The molecule has 0 aliphatic heterocycles. The molecule has 0 bridgehead atoms. The second-order valence-electron chi connectivity index (χ2n) is 10.8. The van der Waals surface area contributed by atoms with Crippen molar-refractivity contribution in [1.82, 2.24) is 4.90 Å². The Morgan fingerprint density at radius 2 is 1.89 bits per heavy atom. The molecule has 0 aromatic rings. The number of rotatable bonds is 4. The number of fused-ring (bicyclic) bond motifs is 5. The normalized spacial score (nSPS) is 48.2. The molecule has 0 radical (unpaired) electrons. The Bertz CT molecular complexity index is 577. The first-order chi connectivity index (χ1) is 12.8. The minimum absolute atomic E-state index is 0.0435. The molecule has 0 saturated heterocycles. The lowest BCUT2D eigenvalue weighted by atomic mass is 9.45. The summed E-state index contributed by atoms with van der Waals surface area (Å²) in [5, 5.41) is 14.8. The topological polar surface area (TPSA) is 45.1 Å². The molecule has 0 spiro atoms. The van der Waals surface area contributed by atoms with Crippen LogP contribution in [0, 0.1) is 34.5 Å². The molecule has 0 amide bonds. The van der Waals surface area contributed by atoms with Crippen LogP contribution in [0.15, 0.2) is 5.16 Å². The third-order valence-electron chi connectivity index (χ3n) is 9.18. The Balaban J connectivity index is 1.48. The van der Waals surface area contributed by atoms with Gasteiger partial charge in [0.15, 0.2) is 0 Å². The summed E-state index contributed by atoms with van der Waals surface area (Å²) in [6.07, 6.45) is 11.0. The van der Waals surface area contributed by atoms with Crippen LogP contribution < -0.4 is 0 Å². The molecule has 154 valence electrons. The fraction of sp³-hybridized carbons (Fsp3) is 0.957. The van der Waals surface area contributed by atoms with Crippen molar-refractivity contribution < 1.29 is 9.94 Å². The number of nitrogens with zero attached hydrogens (tertiary/aromatic N) is 2. The number of likely N-dealkylation sites (N-methyl/N-ethyl adjacent to an activating group) is 1. The van der Waals surface area contributed by atoms with Crippen LogP contribution in [0.3, 0.4) is 0 Å². The highest BCUT2D eigenvalue weighted by molar-refractivity contribution is 5.92. The van der Waals surface area contributed by atoms with Gasteiger partial charge < -0.3 is 14.8 Å². The highest BCUT2D eigenvalue weighted by atomic mass is 16.6. The van der Waals surface area contributed by atoms with Crippen molar-refractivity contribution in [3.63, 3.8) is 0 Å². The van der Waals surface area contributed by atoms with Crippen molar-refractivity contribution in [3.8, 4) is 0 Å². The van der Waals surface area contributed by atoms with Gasteiger partial charge in [0.05, 0.1) is 11.8 Å². The maximum Gasteiger partial charge on any atom is 0.129 e. The fourth-order valence-electron chi connectivity index (χ4n) is 7.52. The van der Waals surface area contributed by atoms with E-state index < -0.39 is 0 Å². The molecule has 7 atom stereocenters. The van der Waals surface area contributed by atoms with E-state index in [1.54, 1.807) is 0 Å². The Kier molecular flexibility index (Phi) is 5.35. The zero-order chi connectivity index (χ0) is 19.2. The summed E-state index contributed by atoms with van der Waals surface area (Å²) in [4.78, 5) is 7.86. The van der Waals surface area contributed by atoms with Crippen LogP contribution >= 0.6 is 0 Å². The molecule has 4 aliphatic carbocycles. The van der Waals surface area contributed by atoms with Gasteiger partial charge >= 0.3 is 0 Å². The summed E-state index contributed by atoms with van der Waals surface area (Å²) >= 11 is 0. The summed E-state index contributed by atoms with van der Waals surface area (Å²) in [5.74, 6) is 3.25. The molecule has 0 aromatic heterocycles. The van der Waals surface area contributed by atoms with Gasteiger partial charge in [0.1, 0.15) is 6.61 Å². The van der Waals surface area contributed by atoms with Crippen molar-refractivity contribution in [1.29, 1.82) is 0 Å². The maximum absolute atomic E-state index is 10.2. The third-order valence-corrected chi connectivity index (χ3v) is 9.18. The van der Waals surface area contributed by atoms with Crippen molar-refractivity contribution in [2.24, 2.45) is 39.7 Å². The van der Waals surface area contributed by atoms with Crippen LogP contribution in [0.25, 0.3) is 0 Å². The molecule has 0 unspecified atom stereocenters. The van der Waals surface area contributed by atoms with Crippen LogP contribution in [0.5, 0.6) is 0 Å². The third kappa shape index (κ3) is 3.35. The maximum atomic E-state index is 10.2. The zero-order valence-electron chi connectivity index (χ0n) is 17.9. The summed E-state index contributed by atoms with van der Waals surface area (Å²) in [6, 6.07) is 0. The van der Waals surface area contributed by atoms with Crippen molar-refractivity contribution in [3.05, 3.63) is 0 Å². The lowest BCUT2D eigenvalue weighted by Gasteiger charge is -2.60. The number of hydrogen-bond acceptors (Lipinski definition) is 4. The van der Waals surface area contributed by atoms with E-state index in [1.807, 2.05) is 0 Å². The molecule has 4 nitrogen and oxygen atoms in total. The summed E-state index contributed by atoms with van der Waals surface area (Å²) in [5.41, 5.74) is 2.07. The van der Waals surface area contributed by atoms with Gasteiger partial charge in [-0.25, -0.2) is 0 Å². The van der Waals surface area contributed by atoms with Gasteiger partial charge in [0.2, 0.25) is 0 Å². The van der Waals surface area contributed by atoms with Crippen LogP contribution in [0.2, 0.25) is 0 Å². The standard InChI is InChI=1S/C23H40N2O2/c1-22-11-9-17(26)15-16(22)5-6-18-19-7-8-21(24-27-14-13-25(3)4)23(19,2)12-10-20(18)22/h16-20,26H,5-15H2,1-4H3/b24-21+/t16-,17-,18-,19-,20-,22-,23-/m0/s1. The predicted octanol–water partition coefficient (Wildman–Crippen LogP) is 4.32. The molecule has 4 fully saturated rings. The average Bonchev–Trinajstić information content (AvgIpc) is 2.96. The Hall–Kier alpha value is -0.610. The quantitative estimate of drug-likeness (QED) is 0.587. The fourth-order valence-corrected chi connectivity index (χ4v) is 7.52. The van der Waals surface area contributed by atoms with Gasteiger partial charge in [-0.2, -0.15) is 0 Å². The SMILES string of the molecule is CN(C)CCO/N=C1\CC[C@H]2[C@@H]3CC[C@H]4C[C@@H](O)CC[C@]4(C)[C@H]3CC[C@]12C. The van der Waals surface area contributed by atoms with E-state index in [-0.39, 0.29) is 11.5 Å². The molecule has 4 aliphatic rings. The zero-order valence-corrected chi connectivity index (χ0v) is 17.9. The van der Waals surface area contributed by atoms with Gasteiger partial charge in [-0.05, 0) is 101 Å². The van der Waals surface area contributed by atoms with Crippen LogP contribution in [-0.2, 0) is 4.84 Å². The van der Waals surface area contributed by atoms with Gasteiger partial charge in [-0.15, -0.1) is 0 Å². The highest BCUT2D eigenvalue weighted by Crippen LogP contribution is 2.65. The first kappa shape index (κ1) is 19.7. The smallest absolute Gasteiger partial charge is 0.129 e. The molecular formula is C23H40N2O2. The first-order valence-corrected chi connectivity index (χ1v) is 11.4. The highest BCUT2D eigenvalue weighted by Gasteiger charge is 2.59. The van der Waals surface area contributed by atoms with E-state index in [4.69, 9.17) is 4.84 Å². The van der Waals surface area contributed by atoms with E-state index in [2.05, 4.69) is 38.0 Å². The van der Waals surface area contributed by atoms with Crippen LogP contribution in [-0.4, -0.2) is 49.1 Å². The number of aliphatic hydroxyl groups is 1. The Labute approximate surface area is 165 Å². The number of aliphatic hydroxyl groups excluding tert-OH is 1. The van der Waals surface area contributed by atoms with E-state index >= 15 is 0 Å². The molecule has 0 aromatic carbocycles. The van der Waals surface area contributed by atoms with Crippen molar-refractivity contribution in [2.75, 3.05) is 27.2 Å². The Morgan fingerprint density at radius 1 is 1.07 bits per heavy atom. The summed E-state index contributed by atoms with van der Waals surface area (Å²) < 4.78 is 0. The van der Waals surface area contributed by atoms with E-state index in [9.17, 15) is 5.11 Å². The minimum Gasteiger partial charge on any atom is -0.394 e. The first-order valence-electron chi connectivity index (χ1n) is 11.4. The second kappa shape index (κ2) is 7.33. The molecule has 4 saturated carbocycles. The van der Waals surface area contributed by atoms with Crippen LogP contribution in [0.4, 0.5) is 0 Å². The lowest BCUT2D eigenvalue weighted by Crippen LogP contribution is -2.54. The lowest BCUT2D eigenvalue weighted by molar-refractivity contribution is -0.114. The van der Waals surface area contributed by atoms with E-state index in [0.717, 1.165) is 49.5 Å². The molecule has 0 heterocycles. The Morgan fingerprint density at radius 3 is 2.67 bits per heavy atom. The van der Waals surface area contributed by atoms with Gasteiger partial charge in [0, 0.05) is 12.0 Å². The van der Waals surface area contributed by atoms with Crippen LogP contribution in [0.1, 0.15) is 71.6 Å².